The first kappa shape index (κ1) is 15.2. The van der Waals surface area contributed by atoms with Crippen molar-refractivity contribution in [3.05, 3.63) is 57.4 Å². The van der Waals surface area contributed by atoms with Gasteiger partial charge in [0.2, 0.25) is 0 Å². The summed E-state index contributed by atoms with van der Waals surface area (Å²) in [6.45, 7) is 0. The fourth-order valence-electron chi connectivity index (χ4n) is 2.91. The van der Waals surface area contributed by atoms with Crippen LogP contribution >= 0.6 is 0 Å². The van der Waals surface area contributed by atoms with Crippen molar-refractivity contribution in [1.29, 1.82) is 0 Å². The number of benzene rings is 2. The molecule has 0 bridgehead atoms. The highest BCUT2D eigenvalue weighted by atomic mass is 19.4. The molecule has 0 atom stereocenters. The highest BCUT2D eigenvalue weighted by Gasteiger charge is 2.39. The third-order valence-corrected chi connectivity index (χ3v) is 3.93. The molecule has 126 valence electrons. The van der Waals surface area contributed by atoms with Gasteiger partial charge in [-0.25, -0.2) is 9.37 Å². The molecule has 0 radical (unpaired) electrons. The van der Waals surface area contributed by atoms with Crippen molar-refractivity contribution in [3.8, 4) is 11.4 Å². The SMILES string of the molecule is O=C1c2c(F)cccc2-c2nc3cc(C(F)(F)F)cc([N+](=O)[O-])c3n21. The minimum atomic E-state index is -4.82. The molecule has 0 spiro atoms. The molecule has 0 unspecified atom stereocenters. The number of alkyl halides is 3. The van der Waals surface area contributed by atoms with Crippen LogP contribution in [-0.2, 0) is 6.18 Å². The van der Waals surface area contributed by atoms with Crippen molar-refractivity contribution >= 4 is 22.6 Å². The molecule has 2 aromatic carbocycles. The minimum Gasteiger partial charge on any atom is -0.268 e. The zero-order valence-electron chi connectivity index (χ0n) is 12.0. The standard InChI is InChI=1S/C15H5F4N3O3/c16-8-3-1-2-7-11(8)14(23)21-12-9(20-13(7)21)4-6(15(17,18)19)5-10(12)22(24)25/h1-5H. The van der Waals surface area contributed by atoms with Crippen LogP contribution in [0.5, 0.6) is 0 Å². The largest absolute Gasteiger partial charge is 0.416 e. The molecule has 3 aromatic rings. The summed E-state index contributed by atoms with van der Waals surface area (Å²) in [7, 11) is 0. The average molecular weight is 351 g/mol. The van der Waals surface area contributed by atoms with Crippen molar-refractivity contribution in [2.75, 3.05) is 0 Å². The van der Waals surface area contributed by atoms with E-state index in [1.165, 1.54) is 12.1 Å². The highest BCUT2D eigenvalue weighted by Crippen LogP contribution is 2.41. The van der Waals surface area contributed by atoms with Crippen LogP contribution in [0.1, 0.15) is 15.9 Å². The van der Waals surface area contributed by atoms with E-state index in [9.17, 15) is 32.5 Å². The normalized spacial score (nSPS) is 13.2. The number of aromatic nitrogens is 2. The summed E-state index contributed by atoms with van der Waals surface area (Å²) < 4.78 is 53.6. The molecule has 0 saturated carbocycles. The second-order valence-corrected chi connectivity index (χ2v) is 5.36. The number of nitro benzene ring substituents is 1. The van der Waals surface area contributed by atoms with Crippen molar-refractivity contribution in [1.82, 2.24) is 9.55 Å². The number of rotatable bonds is 1. The van der Waals surface area contributed by atoms with E-state index in [1.807, 2.05) is 0 Å². The van der Waals surface area contributed by atoms with Crippen LogP contribution in [0.15, 0.2) is 30.3 Å². The van der Waals surface area contributed by atoms with E-state index in [4.69, 9.17) is 0 Å². The van der Waals surface area contributed by atoms with Gasteiger partial charge in [-0.2, -0.15) is 13.2 Å². The Morgan fingerprint density at radius 2 is 1.92 bits per heavy atom. The fourth-order valence-corrected chi connectivity index (χ4v) is 2.91. The number of imidazole rings is 1. The molecular weight excluding hydrogens is 346 g/mol. The Bertz CT molecular complexity index is 1100. The number of carbonyl (C=O) groups is 1. The number of fused-ring (bicyclic) bond motifs is 5. The summed E-state index contributed by atoms with van der Waals surface area (Å²) >= 11 is 0. The topological polar surface area (TPSA) is 78.0 Å². The van der Waals surface area contributed by atoms with E-state index in [1.54, 1.807) is 0 Å². The van der Waals surface area contributed by atoms with Gasteiger partial charge in [-0.3, -0.25) is 19.5 Å². The number of carbonyl (C=O) groups excluding carboxylic acids is 1. The van der Waals surface area contributed by atoms with Crippen LogP contribution < -0.4 is 0 Å². The number of nitro groups is 1. The smallest absolute Gasteiger partial charge is 0.268 e. The number of nitrogens with zero attached hydrogens (tertiary/aromatic N) is 3. The summed E-state index contributed by atoms with van der Waals surface area (Å²) in [4.78, 5) is 26.6. The summed E-state index contributed by atoms with van der Waals surface area (Å²) in [5, 5.41) is 11.3. The van der Waals surface area contributed by atoms with Gasteiger partial charge in [-0.1, -0.05) is 12.1 Å². The number of hydrogen-bond donors (Lipinski definition) is 0. The first-order valence-electron chi connectivity index (χ1n) is 6.82. The van der Waals surface area contributed by atoms with Crippen LogP contribution in [0.3, 0.4) is 0 Å². The molecule has 4 rings (SSSR count). The van der Waals surface area contributed by atoms with E-state index in [0.29, 0.717) is 12.1 Å². The number of non-ortho nitro benzene ring substituents is 1. The fraction of sp³-hybridized carbons (Fsp3) is 0.0667. The van der Waals surface area contributed by atoms with Crippen molar-refractivity contribution < 1.29 is 27.3 Å². The molecule has 10 heteroatoms. The van der Waals surface area contributed by atoms with Gasteiger partial charge in [0, 0.05) is 11.6 Å². The summed E-state index contributed by atoms with van der Waals surface area (Å²) in [6.07, 6.45) is -4.82. The molecule has 1 aliphatic rings. The molecule has 0 saturated heterocycles. The molecule has 1 aliphatic heterocycles. The molecule has 0 amide bonds. The average Bonchev–Trinajstić information content (AvgIpc) is 3.02. The van der Waals surface area contributed by atoms with E-state index >= 15 is 0 Å². The molecule has 0 aliphatic carbocycles. The summed E-state index contributed by atoms with van der Waals surface area (Å²) in [6, 6.07) is 4.69. The van der Waals surface area contributed by atoms with E-state index in [-0.39, 0.29) is 22.5 Å². The summed E-state index contributed by atoms with van der Waals surface area (Å²) in [5.74, 6) is -1.87. The Hall–Kier alpha value is -3.30. The van der Waals surface area contributed by atoms with Gasteiger partial charge in [-0.05, 0) is 12.1 Å². The summed E-state index contributed by atoms with van der Waals surface area (Å²) in [5.41, 5.74) is -3.18. The second kappa shape index (κ2) is 4.62. The Labute approximate surface area is 135 Å². The number of hydrogen-bond acceptors (Lipinski definition) is 4. The Kier molecular flexibility index (Phi) is 2.82. The molecule has 0 N–H and O–H groups in total. The molecule has 1 aromatic heterocycles. The van der Waals surface area contributed by atoms with Gasteiger partial charge in [0.15, 0.2) is 5.52 Å². The molecule has 0 fully saturated rings. The Balaban J connectivity index is 2.13. The zero-order chi connectivity index (χ0) is 18.1. The lowest BCUT2D eigenvalue weighted by atomic mass is 10.1. The second-order valence-electron chi connectivity index (χ2n) is 5.36. The maximum atomic E-state index is 13.9. The van der Waals surface area contributed by atoms with Crippen molar-refractivity contribution in [2.45, 2.75) is 6.18 Å². The van der Waals surface area contributed by atoms with E-state index in [0.717, 1.165) is 10.6 Å². The third-order valence-electron chi connectivity index (χ3n) is 3.93. The van der Waals surface area contributed by atoms with Crippen LogP contribution in [0.2, 0.25) is 0 Å². The molecule has 2 heterocycles. The van der Waals surface area contributed by atoms with Crippen LogP contribution in [0.4, 0.5) is 23.2 Å². The molecule has 6 nitrogen and oxygen atoms in total. The van der Waals surface area contributed by atoms with E-state index < -0.39 is 39.6 Å². The first-order valence-corrected chi connectivity index (χ1v) is 6.82. The van der Waals surface area contributed by atoms with Gasteiger partial charge in [0.05, 0.1) is 21.6 Å². The minimum absolute atomic E-state index is 0.0732. The van der Waals surface area contributed by atoms with Gasteiger partial charge < -0.3 is 0 Å². The maximum Gasteiger partial charge on any atom is 0.416 e. The van der Waals surface area contributed by atoms with Crippen LogP contribution in [0, 0.1) is 15.9 Å². The van der Waals surface area contributed by atoms with Gasteiger partial charge in [0.25, 0.3) is 11.6 Å². The monoisotopic (exact) mass is 351 g/mol. The number of halogens is 4. The lowest BCUT2D eigenvalue weighted by Crippen LogP contribution is -2.10. The van der Waals surface area contributed by atoms with Gasteiger partial charge >= 0.3 is 6.18 Å². The van der Waals surface area contributed by atoms with Crippen LogP contribution in [-0.4, -0.2) is 20.4 Å². The lowest BCUT2D eigenvalue weighted by Gasteiger charge is -2.07. The highest BCUT2D eigenvalue weighted by molar-refractivity contribution is 6.14. The predicted molar refractivity (Wildman–Crippen MR) is 76.5 cm³/mol. The predicted octanol–water partition coefficient (Wildman–Crippen LogP) is 3.77. The molecular formula is C15H5F4N3O3. The lowest BCUT2D eigenvalue weighted by molar-refractivity contribution is -0.383. The van der Waals surface area contributed by atoms with Crippen molar-refractivity contribution in [3.63, 3.8) is 0 Å². The third kappa shape index (κ3) is 1.96. The van der Waals surface area contributed by atoms with Crippen molar-refractivity contribution in [2.24, 2.45) is 0 Å². The quantitative estimate of drug-likeness (QED) is 0.297. The maximum absolute atomic E-state index is 13.9. The first-order chi connectivity index (χ1) is 11.7. The van der Waals surface area contributed by atoms with Gasteiger partial charge in [0.1, 0.15) is 11.6 Å². The van der Waals surface area contributed by atoms with Crippen LogP contribution in [0.25, 0.3) is 22.4 Å². The Morgan fingerprint density at radius 3 is 2.56 bits per heavy atom. The molecule has 25 heavy (non-hydrogen) atoms. The Morgan fingerprint density at radius 1 is 1.20 bits per heavy atom. The van der Waals surface area contributed by atoms with E-state index in [2.05, 4.69) is 4.98 Å². The zero-order valence-corrected chi connectivity index (χ0v) is 12.0. The van der Waals surface area contributed by atoms with Gasteiger partial charge in [-0.15, -0.1) is 0 Å².